The second-order valence-corrected chi connectivity index (χ2v) is 4.95. The van der Waals surface area contributed by atoms with Crippen LogP contribution in [0.25, 0.3) is 11.6 Å². The first-order valence-corrected chi connectivity index (χ1v) is 6.51. The Hall–Kier alpha value is -2.45. The lowest BCUT2D eigenvalue weighted by molar-refractivity contribution is -0.384. The number of halogens is 1. The third-order valence-corrected chi connectivity index (χ3v) is 3.14. The minimum atomic E-state index is -0.475. The topological polar surface area (TPSA) is 66.9 Å². The molecule has 0 aliphatic carbocycles. The van der Waals surface area contributed by atoms with E-state index < -0.39 is 4.92 Å². The lowest BCUT2D eigenvalue weighted by Crippen LogP contribution is -1.89. The van der Waals surface area contributed by atoms with Gasteiger partial charge >= 0.3 is 0 Å². The third-order valence-electron chi connectivity index (χ3n) is 2.65. The molecule has 0 atom stereocenters. The van der Waals surface area contributed by atoms with E-state index in [1.165, 1.54) is 12.1 Å². The van der Waals surface area contributed by atoms with Gasteiger partial charge in [0.25, 0.3) is 5.69 Å². The van der Waals surface area contributed by atoms with Crippen LogP contribution in [0.1, 0.15) is 11.1 Å². The highest BCUT2D eigenvalue weighted by molar-refractivity contribution is 9.10. The standard InChI is InChI=1S/C15H9BrN2O2/c16-14-5-1-3-11(8-14)7-13(10-17)12-4-2-6-15(9-12)18(19)20/h1-9H/b13-7-. The number of rotatable bonds is 3. The van der Waals surface area contributed by atoms with E-state index in [1.54, 1.807) is 18.2 Å². The molecule has 2 rings (SSSR count). The predicted molar refractivity (Wildman–Crippen MR) is 80.7 cm³/mol. The third kappa shape index (κ3) is 3.31. The van der Waals surface area contributed by atoms with Crippen molar-refractivity contribution in [3.63, 3.8) is 0 Å². The van der Waals surface area contributed by atoms with Crippen molar-refractivity contribution in [1.29, 1.82) is 5.26 Å². The average molecular weight is 329 g/mol. The van der Waals surface area contributed by atoms with Gasteiger partial charge in [-0.05, 0) is 29.3 Å². The van der Waals surface area contributed by atoms with Crippen LogP contribution in [0, 0.1) is 21.4 Å². The summed E-state index contributed by atoms with van der Waals surface area (Å²) in [6.07, 6.45) is 1.70. The second kappa shape index (κ2) is 6.13. The van der Waals surface area contributed by atoms with E-state index >= 15 is 0 Å². The molecule has 20 heavy (non-hydrogen) atoms. The molecular weight excluding hydrogens is 320 g/mol. The van der Waals surface area contributed by atoms with Crippen LogP contribution in [0.5, 0.6) is 0 Å². The summed E-state index contributed by atoms with van der Waals surface area (Å²) >= 11 is 3.36. The van der Waals surface area contributed by atoms with Crippen LogP contribution in [-0.4, -0.2) is 4.92 Å². The molecular formula is C15H9BrN2O2. The molecule has 0 radical (unpaired) electrons. The van der Waals surface area contributed by atoms with Gasteiger partial charge in [0.05, 0.1) is 16.6 Å². The maximum atomic E-state index is 10.8. The van der Waals surface area contributed by atoms with Gasteiger partial charge in [-0.3, -0.25) is 10.1 Å². The molecule has 2 aromatic carbocycles. The Balaban J connectivity index is 2.45. The number of hydrogen-bond acceptors (Lipinski definition) is 3. The number of benzene rings is 2. The molecule has 4 nitrogen and oxygen atoms in total. The number of allylic oxidation sites excluding steroid dienone is 1. The van der Waals surface area contributed by atoms with Gasteiger partial charge in [-0.15, -0.1) is 0 Å². The Labute approximate surface area is 124 Å². The van der Waals surface area contributed by atoms with E-state index in [0.717, 1.165) is 10.0 Å². The zero-order valence-corrected chi connectivity index (χ0v) is 11.9. The Morgan fingerprint density at radius 2 is 2.00 bits per heavy atom. The quantitative estimate of drug-likeness (QED) is 0.362. The summed E-state index contributed by atoms with van der Waals surface area (Å²) in [4.78, 5) is 10.3. The van der Waals surface area contributed by atoms with Gasteiger partial charge in [-0.2, -0.15) is 5.26 Å². The maximum Gasteiger partial charge on any atom is 0.270 e. The number of non-ortho nitro benzene ring substituents is 1. The van der Waals surface area contributed by atoms with Crippen molar-refractivity contribution >= 4 is 33.3 Å². The molecule has 0 N–H and O–H groups in total. The number of nitrogens with zero attached hydrogens (tertiary/aromatic N) is 2. The van der Waals surface area contributed by atoms with Gasteiger partial charge in [-0.1, -0.05) is 40.2 Å². The van der Waals surface area contributed by atoms with Crippen molar-refractivity contribution in [3.8, 4) is 6.07 Å². The van der Waals surface area contributed by atoms with Crippen LogP contribution in [-0.2, 0) is 0 Å². The molecule has 98 valence electrons. The maximum absolute atomic E-state index is 10.8. The minimum absolute atomic E-state index is 0.0297. The van der Waals surface area contributed by atoms with Crippen LogP contribution in [0.3, 0.4) is 0 Å². The van der Waals surface area contributed by atoms with Gasteiger partial charge in [0, 0.05) is 16.6 Å². The summed E-state index contributed by atoms with van der Waals surface area (Å²) in [5.41, 5.74) is 1.73. The van der Waals surface area contributed by atoms with Gasteiger partial charge in [0.1, 0.15) is 0 Å². The summed E-state index contributed by atoms with van der Waals surface area (Å²) in [7, 11) is 0. The van der Waals surface area contributed by atoms with Crippen molar-refractivity contribution < 1.29 is 4.92 Å². The SMILES string of the molecule is N#C/C(=C/c1cccc(Br)c1)c1cccc([N+](=O)[O-])c1. The molecule has 0 aliphatic rings. The normalized spacial score (nSPS) is 10.9. The van der Waals surface area contributed by atoms with Crippen LogP contribution in [0.15, 0.2) is 53.0 Å². The molecule has 0 spiro atoms. The molecule has 0 aromatic heterocycles. The molecule has 0 bridgehead atoms. The van der Waals surface area contributed by atoms with Crippen LogP contribution in [0.2, 0.25) is 0 Å². The molecule has 2 aromatic rings. The lowest BCUT2D eigenvalue weighted by Gasteiger charge is -2.00. The van der Waals surface area contributed by atoms with Gasteiger partial charge in [-0.25, -0.2) is 0 Å². The summed E-state index contributed by atoms with van der Waals surface area (Å²) in [5, 5.41) is 20.0. The molecule has 0 unspecified atom stereocenters. The van der Waals surface area contributed by atoms with Crippen molar-refractivity contribution in [2.75, 3.05) is 0 Å². The van der Waals surface area contributed by atoms with E-state index in [9.17, 15) is 15.4 Å². The molecule has 0 fully saturated rings. The monoisotopic (exact) mass is 328 g/mol. The molecule has 5 heteroatoms. The first-order chi connectivity index (χ1) is 9.60. The van der Waals surface area contributed by atoms with Crippen LogP contribution in [0.4, 0.5) is 5.69 Å². The van der Waals surface area contributed by atoms with Gasteiger partial charge in [0.2, 0.25) is 0 Å². The zero-order chi connectivity index (χ0) is 14.5. The van der Waals surface area contributed by atoms with E-state index in [0.29, 0.717) is 11.1 Å². The van der Waals surface area contributed by atoms with E-state index in [4.69, 9.17) is 0 Å². The second-order valence-electron chi connectivity index (χ2n) is 4.03. The highest BCUT2D eigenvalue weighted by Crippen LogP contribution is 2.23. The lowest BCUT2D eigenvalue weighted by atomic mass is 10.0. The van der Waals surface area contributed by atoms with E-state index in [1.807, 2.05) is 24.3 Å². The van der Waals surface area contributed by atoms with Crippen molar-refractivity contribution in [2.45, 2.75) is 0 Å². The van der Waals surface area contributed by atoms with Crippen LogP contribution >= 0.6 is 15.9 Å². The summed E-state index contributed by atoms with van der Waals surface area (Å²) in [6.45, 7) is 0. The number of nitro groups is 1. The Kier molecular flexibility index (Phi) is 4.28. The Bertz CT molecular complexity index is 733. The van der Waals surface area contributed by atoms with Gasteiger partial charge < -0.3 is 0 Å². The summed E-state index contributed by atoms with van der Waals surface area (Å²) in [6, 6.07) is 15.6. The average Bonchev–Trinajstić information content (AvgIpc) is 2.45. The van der Waals surface area contributed by atoms with Crippen molar-refractivity contribution in [1.82, 2.24) is 0 Å². The fraction of sp³-hybridized carbons (Fsp3) is 0. The summed E-state index contributed by atoms with van der Waals surface area (Å²) in [5.74, 6) is 0. The highest BCUT2D eigenvalue weighted by Gasteiger charge is 2.08. The van der Waals surface area contributed by atoms with Gasteiger partial charge in [0.15, 0.2) is 0 Å². The predicted octanol–water partition coefficient (Wildman–Crippen LogP) is 4.42. The van der Waals surface area contributed by atoms with Crippen molar-refractivity contribution in [3.05, 3.63) is 74.2 Å². The molecule has 0 amide bonds. The number of hydrogen-bond donors (Lipinski definition) is 0. The fourth-order valence-corrected chi connectivity index (χ4v) is 2.15. The number of nitriles is 1. The summed E-state index contributed by atoms with van der Waals surface area (Å²) < 4.78 is 0.905. The smallest absolute Gasteiger partial charge is 0.258 e. The largest absolute Gasteiger partial charge is 0.270 e. The minimum Gasteiger partial charge on any atom is -0.258 e. The van der Waals surface area contributed by atoms with E-state index in [-0.39, 0.29) is 5.69 Å². The van der Waals surface area contributed by atoms with E-state index in [2.05, 4.69) is 22.0 Å². The molecule has 0 aliphatic heterocycles. The van der Waals surface area contributed by atoms with Crippen molar-refractivity contribution in [2.24, 2.45) is 0 Å². The highest BCUT2D eigenvalue weighted by atomic mass is 79.9. The molecule has 0 saturated carbocycles. The Morgan fingerprint density at radius 1 is 1.25 bits per heavy atom. The zero-order valence-electron chi connectivity index (χ0n) is 10.3. The Morgan fingerprint density at radius 3 is 2.65 bits per heavy atom. The van der Waals surface area contributed by atoms with Crippen LogP contribution < -0.4 is 0 Å². The fourth-order valence-electron chi connectivity index (χ4n) is 1.73. The molecule has 0 heterocycles. The first kappa shape index (κ1) is 14.0. The number of nitro benzene ring substituents is 1. The first-order valence-electron chi connectivity index (χ1n) is 5.72. The molecule has 0 saturated heterocycles.